The lowest BCUT2D eigenvalue weighted by molar-refractivity contribution is 0.0949. The van der Waals surface area contributed by atoms with Gasteiger partial charge in [-0.1, -0.05) is 29.8 Å². The molecule has 0 saturated carbocycles. The highest BCUT2D eigenvalue weighted by Gasteiger charge is 2.15. The van der Waals surface area contributed by atoms with Gasteiger partial charge < -0.3 is 15.4 Å². The highest BCUT2D eigenvalue weighted by atomic mass is 35.5. The van der Waals surface area contributed by atoms with E-state index in [1.807, 2.05) is 13.0 Å². The molecule has 0 fully saturated rings. The summed E-state index contributed by atoms with van der Waals surface area (Å²) in [6, 6.07) is 12.1. The Balaban J connectivity index is 2.12. The number of aryl methyl sites for hydroxylation is 1. The number of hydrogen-bond donors (Lipinski definition) is 2. The maximum Gasteiger partial charge on any atom is 0.257 e. The summed E-state index contributed by atoms with van der Waals surface area (Å²) in [7, 11) is 1.61. The number of ether oxygens (including phenoxy) is 1. The van der Waals surface area contributed by atoms with E-state index < -0.39 is 0 Å². The summed E-state index contributed by atoms with van der Waals surface area (Å²) in [5, 5.41) is 5.94. The van der Waals surface area contributed by atoms with Crippen molar-refractivity contribution in [2.75, 3.05) is 25.6 Å². The Labute approximate surface area is 152 Å². The van der Waals surface area contributed by atoms with Crippen molar-refractivity contribution in [2.24, 2.45) is 0 Å². The van der Waals surface area contributed by atoms with Crippen LogP contribution in [0.4, 0.5) is 5.69 Å². The first-order valence-corrected chi connectivity index (χ1v) is 8.34. The van der Waals surface area contributed by atoms with Crippen LogP contribution in [-0.4, -0.2) is 32.1 Å². The summed E-state index contributed by atoms with van der Waals surface area (Å²) in [5.41, 5.74) is 2.17. The second-order valence-electron chi connectivity index (χ2n) is 5.59. The second-order valence-corrected chi connectivity index (χ2v) is 5.99. The zero-order chi connectivity index (χ0) is 18.2. The molecule has 0 unspecified atom stereocenters. The Morgan fingerprint density at radius 2 is 1.84 bits per heavy atom. The molecule has 0 aliphatic carbocycles. The molecule has 0 heterocycles. The van der Waals surface area contributed by atoms with Gasteiger partial charge in [0.25, 0.3) is 11.8 Å². The van der Waals surface area contributed by atoms with Crippen molar-refractivity contribution in [1.29, 1.82) is 0 Å². The van der Waals surface area contributed by atoms with Crippen molar-refractivity contribution < 1.29 is 14.3 Å². The lowest BCUT2D eigenvalue weighted by atomic mass is 10.1. The number of carbonyl (C=O) groups is 2. The van der Waals surface area contributed by atoms with Crippen LogP contribution in [0.15, 0.2) is 42.5 Å². The van der Waals surface area contributed by atoms with Crippen molar-refractivity contribution in [1.82, 2.24) is 5.32 Å². The molecule has 0 aromatic heterocycles. The normalized spacial score (nSPS) is 10.4. The Morgan fingerprint density at radius 3 is 2.56 bits per heavy atom. The van der Waals surface area contributed by atoms with E-state index in [0.29, 0.717) is 35.0 Å². The zero-order valence-corrected chi connectivity index (χ0v) is 15.0. The molecular formula is C19H21ClN2O3. The molecule has 0 radical (unpaired) electrons. The molecular weight excluding hydrogens is 340 g/mol. The van der Waals surface area contributed by atoms with E-state index in [1.165, 1.54) is 0 Å². The number of methoxy groups -OCH3 is 1. The Morgan fingerprint density at radius 1 is 1.08 bits per heavy atom. The van der Waals surface area contributed by atoms with Crippen LogP contribution in [0.5, 0.6) is 0 Å². The molecule has 5 nitrogen and oxygen atoms in total. The molecule has 6 heteroatoms. The summed E-state index contributed by atoms with van der Waals surface area (Å²) >= 11 is 6.14. The van der Waals surface area contributed by atoms with E-state index in [9.17, 15) is 9.59 Å². The molecule has 0 saturated heterocycles. The third kappa shape index (κ3) is 5.31. The minimum Gasteiger partial charge on any atom is -0.385 e. The Kier molecular flexibility index (Phi) is 6.98. The van der Waals surface area contributed by atoms with Crippen LogP contribution in [0.1, 0.15) is 32.7 Å². The fraction of sp³-hybridized carbons (Fsp3) is 0.263. The average Bonchev–Trinajstić information content (AvgIpc) is 2.59. The molecule has 2 rings (SSSR count). The molecule has 0 aliphatic rings. The fourth-order valence-corrected chi connectivity index (χ4v) is 2.62. The molecule has 132 valence electrons. The van der Waals surface area contributed by atoms with Crippen LogP contribution in [0.3, 0.4) is 0 Å². The van der Waals surface area contributed by atoms with Gasteiger partial charge in [-0.15, -0.1) is 0 Å². The average molecular weight is 361 g/mol. The lowest BCUT2D eigenvalue weighted by Crippen LogP contribution is -2.26. The third-order valence-electron chi connectivity index (χ3n) is 3.60. The van der Waals surface area contributed by atoms with Crippen molar-refractivity contribution in [3.63, 3.8) is 0 Å². The van der Waals surface area contributed by atoms with Gasteiger partial charge in [-0.25, -0.2) is 0 Å². The SMILES string of the molecule is COCCCNC(=O)c1ccccc1NC(=O)c1ccc(C)cc1Cl. The summed E-state index contributed by atoms with van der Waals surface area (Å²) in [5.74, 6) is -0.605. The molecule has 0 aliphatic heterocycles. The highest BCUT2D eigenvalue weighted by molar-refractivity contribution is 6.34. The van der Waals surface area contributed by atoms with E-state index >= 15 is 0 Å². The van der Waals surface area contributed by atoms with E-state index in [0.717, 1.165) is 12.0 Å². The van der Waals surface area contributed by atoms with Crippen LogP contribution in [0.2, 0.25) is 5.02 Å². The number of hydrogen-bond acceptors (Lipinski definition) is 3. The Bertz CT molecular complexity index is 762. The molecule has 2 aromatic carbocycles. The molecule has 25 heavy (non-hydrogen) atoms. The minimum absolute atomic E-state index is 0.248. The van der Waals surface area contributed by atoms with Crippen LogP contribution >= 0.6 is 11.6 Å². The van der Waals surface area contributed by atoms with E-state index in [1.54, 1.807) is 43.5 Å². The fourth-order valence-electron chi connectivity index (χ4n) is 2.30. The number of carbonyl (C=O) groups excluding carboxylic acids is 2. The number of halogens is 1. The van der Waals surface area contributed by atoms with Gasteiger partial charge in [0.2, 0.25) is 0 Å². The number of amides is 2. The molecule has 2 aromatic rings. The van der Waals surface area contributed by atoms with Gasteiger partial charge in [0.05, 0.1) is 21.8 Å². The first-order valence-electron chi connectivity index (χ1n) is 7.96. The van der Waals surface area contributed by atoms with E-state index in [2.05, 4.69) is 10.6 Å². The van der Waals surface area contributed by atoms with Crippen molar-refractivity contribution in [3.8, 4) is 0 Å². The molecule has 0 bridgehead atoms. The van der Waals surface area contributed by atoms with E-state index in [4.69, 9.17) is 16.3 Å². The molecule has 2 N–H and O–H groups in total. The standard InChI is InChI=1S/C19H21ClN2O3/c1-13-8-9-14(16(20)12-13)19(24)22-17-7-4-3-6-15(17)18(23)21-10-5-11-25-2/h3-4,6-9,12H,5,10-11H2,1-2H3,(H,21,23)(H,22,24). The van der Waals surface area contributed by atoms with Gasteiger partial charge >= 0.3 is 0 Å². The van der Waals surface area contributed by atoms with Gasteiger partial charge in [-0.3, -0.25) is 9.59 Å². The summed E-state index contributed by atoms with van der Waals surface area (Å²) in [6.45, 7) is 2.97. The number of anilines is 1. The predicted molar refractivity (Wildman–Crippen MR) is 99.4 cm³/mol. The zero-order valence-electron chi connectivity index (χ0n) is 14.3. The summed E-state index contributed by atoms with van der Waals surface area (Å²) in [6.07, 6.45) is 0.718. The predicted octanol–water partition coefficient (Wildman–Crippen LogP) is 3.67. The third-order valence-corrected chi connectivity index (χ3v) is 3.91. The maximum atomic E-state index is 12.5. The quantitative estimate of drug-likeness (QED) is 0.740. The first-order chi connectivity index (χ1) is 12.0. The van der Waals surface area contributed by atoms with Crippen LogP contribution in [0.25, 0.3) is 0 Å². The maximum absolute atomic E-state index is 12.5. The molecule has 0 atom stereocenters. The highest BCUT2D eigenvalue weighted by Crippen LogP contribution is 2.21. The number of rotatable bonds is 7. The number of nitrogens with one attached hydrogen (secondary N) is 2. The van der Waals surface area contributed by atoms with Crippen molar-refractivity contribution in [2.45, 2.75) is 13.3 Å². The van der Waals surface area contributed by atoms with Crippen molar-refractivity contribution in [3.05, 3.63) is 64.2 Å². The van der Waals surface area contributed by atoms with Gasteiger partial charge in [-0.05, 0) is 43.2 Å². The first kappa shape index (κ1) is 19.0. The number of benzene rings is 2. The van der Waals surface area contributed by atoms with Gasteiger partial charge in [0.1, 0.15) is 0 Å². The minimum atomic E-state index is -0.357. The van der Waals surface area contributed by atoms with Crippen LogP contribution in [-0.2, 0) is 4.74 Å². The molecule has 2 amide bonds. The van der Waals surface area contributed by atoms with Crippen LogP contribution in [0, 0.1) is 6.92 Å². The number of para-hydroxylation sites is 1. The Hall–Kier alpha value is -2.37. The largest absolute Gasteiger partial charge is 0.385 e. The monoisotopic (exact) mass is 360 g/mol. The van der Waals surface area contributed by atoms with Gasteiger partial charge in [-0.2, -0.15) is 0 Å². The second kappa shape index (κ2) is 9.20. The lowest BCUT2D eigenvalue weighted by Gasteiger charge is -2.12. The summed E-state index contributed by atoms with van der Waals surface area (Å²) < 4.78 is 4.95. The van der Waals surface area contributed by atoms with Crippen molar-refractivity contribution >= 4 is 29.1 Å². The van der Waals surface area contributed by atoms with Gasteiger partial charge in [0, 0.05) is 20.3 Å². The van der Waals surface area contributed by atoms with Crippen LogP contribution < -0.4 is 10.6 Å². The van der Waals surface area contributed by atoms with E-state index in [-0.39, 0.29) is 11.8 Å². The molecule has 0 spiro atoms. The topological polar surface area (TPSA) is 67.4 Å². The smallest absolute Gasteiger partial charge is 0.257 e. The van der Waals surface area contributed by atoms with Gasteiger partial charge in [0.15, 0.2) is 0 Å². The summed E-state index contributed by atoms with van der Waals surface area (Å²) in [4.78, 5) is 24.8.